The van der Waals surface area contributed by atoms with E-state index in [0.29, 0.717) is 6.54 Å². The number of nitrogens with one attached hydrogen (secondary N) is 1. The van der Waals surface area contributed by atoms with Gasteiger partial charge in [0.25, 0.3) is 0 Å². The summed E-state index contributed by atoms with van der Waals surface area (Å²) in [5.41, 5.74) is 7.16. The lowest BCUT2D eigenvalue weighted by atomic mass is 10.3. The lowest BCUT2D eigenvalue weighted by molar-refractivity contribution is -0.117. The smallest absolute Gasteiger partial charge is 0.231 e. The van der Waals surface area contributed by atoms with Crippen LogP contribution in [-0.2, 0) is 24.3 Å². The quantitative estimate of drug-likeness (QED) is 0.813. The highest BCUT2D eigenvalue weighted by atomic mass is 79.9. The Morgan fingerprint density at radius 3 is 2.75 bits per heavy atom. The molecule has 0 fully saturated rings. The molecule has 0 atom stereocenters. The monoisotopic (exact) mass is 288 g/mol. The van der Waals surface area contributed by atoms with Crippen molar-refractivity contribution in [2.45, 2.75) is 33.4 Å². The minimum Gasteiger partial charge on any atom is -0.369 e. The molecule has 3 N–H and O–H groups in total. The molecular weight excluding hydrogens is 272 g/mol. The number of carbonyl (C=O) groups is 1. The summed E-state index contributed by atoms with van der Waals surface area (Å²) in [4.78, 5) is 10.6. The number of carbonyl (C=O) groups excluding carboxylic acids is 1. The van der Waals surface area contributed by atoms with Gasteiger partial charge in [-0.3, -0.25) is 9.48 Å². The van der Waals surface area contributed by atoms with Gasteiger partial charge in [-0.25, -0.2) is 0 Å². The van der Waals surface area contributed by atoms with Crippen molar-refractivity contribution in [2.24, 2.45) is 5.73 Å². The number of halogens is 1. The van der Waals surface area contributed by atoms with Crippen molar-refractivity contribution in [1.82, 2.24) is 15.1 Å². The van der Waals surface area contributed by atoms with Crippen LogP contribution in [0.5, 0.6) is 0 Å². The summed E-state index contributed by atoms with van der Waals surface area (Å²) in [5.74, 6) is -0.352. The molecule has 0 saturated carbocycles. The van der Waals surface area contributed by atoms with Crippen LogP contribution in [0.1, 0.15) is 25.2 Å². The number of nitrogens with zero attached hydrogens (tertiary/aromatic N) is 2. The molecule has 0 aliphatic heterocycles. The van der Waals surface area contributed by atoms with Crippen LogP contribution in [0.15, 0.2) is 4.47 Å². The summed E-state index contributed by atoms with van der Waals surface area (Å²) in [5, 5.41) is 7.45. The zero-order valence-electron chi connectivity index (χ0n) is 9.59. The van der Waals surface area contributed by atoms with Crippen molar-refractivity contribution in [2.75, 3.05) is 6.54 Å². The Kier molecular flexibility index (Phi) is 4.95. The molecule has 0 bridgehead atoms. The van der Waals surface area contributed by atoms with Crippen molar-refractivity contribution >= 4 is 21.8 Å². The first-order valence-electron chi connectivity index (χ1n) is 5.33. The van der Waals surface area contributed by atoms with Crippen molar-refractivity contribution in [3.8, 4) is 0 Å². The van der Waals surface area contributed by atoms with Crippen molar-refractivity contribution in [3.63, 3.8) is 0 Å². The Balaban J connectivity index is 2.76. The molecule has 1 rings (SSSR count). The summed E-state index contributed by atoms with van der Waals surface area (Å²) in [7, 11) is 0. The SMILES string of the molecule is CCc1nn(CC)c(CNCC(N)=O)c1Br. The highest BCUT2D eigenvalue weighted by Gasteiger charge is 2.13. The minimum atomic E-state index is -0.352. The highest BCUT2D eigenvalue weighted by molar-refractivity contribution is 9.10. The van der Waals surface area contributed by atoms with Gasteiger partial charge in [-0.15, -0.1) is 0 Å². The van der Waals surface area contributed by atoms with Crippen LogP contribution in [0.2, 0.25) is 0 Å². The largest absolute Gasteiger partial charge is 0.369 e. The molecule has 90 valence electrons. The van der Waals surface area contributed by atoms with E-state index in [9.17, 15) is 4.79 Å². The Bertz CT molecular complexity index is 375. The van der Waals surface area contributed by atoms with Gasteiger partial charge in [0.1, 0.15) is 0 Å². The number of hydrogen-bond acceptors (Lipinski definition) is 3. The molecule has 1 aromatic rings. The third kappa shape index (κ3) is 3.05. The molecule has 1 aromatic heterocycles. The Labute approximate surface area is 104 Å². The normalized spacial score (nSPS) is 10.7. The van der Waals surface area contributed by atoms with Gasteiger partial charge in [-0.05, 0) is 29.3 Å². The van der Waals surface area contributed by atoms with Crippen LogP contribution in [0.25, 0.3) is 0 Å². The predicted octanol–water partition coefficient (Wildman–Crippen LogP) is 0.803. The molecule has 6 heteroatoms. The summed E-state index contributed by atoms with van der Waals surface area (Å²) in [6, 6.07) is 0. The van der Waals surface area contributed by atoms with Gasteiger partial charge >= 0.3 is 0 Å². The van der Waals surface area contributed by atoms with Gasteiger partial charge in [-0.2, -0.15) is 5.10 Å². The maximum atomic E-state index is 10.6. The fourth-order valence-electron chi connectivity index (χ4n) is 1.49. The summed E-state index contributed by atoms with van der Waals surface area (Å²) < 4.78 is 2.95. The van der Waals surface area contributed by atoms with Crippen LogP contribution in [0, 0.1) is 0 Å². The van der Waals surface area contributed by atoms with Crippen LogP contribution in [0.3, 0.4) is 0 Å². The number of hydrogen-bond donors (Lipinski definition) is 2. The van der Waals surface area contributed by atoms with E-state index in [1.807, 2.05) is 11.6 Å². The van der Waals surface area contributed by atoms with Gasteiger partial charge in [0.05, 0.1) is 22.4 Å². The minimum absolute atomic E-state index is 0.183. The number of aryl methyl sites for hydroxylation is 2. The van der Waals surface area contributed by atoms with E-state index in [-0.39, 0.29) is 12.5 Å². The van der Waals surface area contributed by atoms with Crippen LogP contribution >= 0.6 is 15.9 Å². The zero-order chi connectivity index (χ0) is 12.1. The molecule has 5 nitrogen and oxygen atoms in total. The Hall–Kier alpha value is -0.880. The lowest BCUT2D eigenvalue weighted by Gasteiger charge is -2.05. The van der Waals surface area contributed by atoms with E-state index in [4.69, 9.17) is 5.73 Å². The molecule has 1 amide bonds. The van der Waals surface area contributed by atoms with Crippen molar-refractivity contribution < 1.29 is 4.79 Å². The molecule has 0 aliphatic carbocycles. The third-order valence-corrected chi connectivity index (χ3v) is 3.20. The van der Waals surface area contributed by atoms with Gasteiger partial charge in [0, 0.05) is 13.1 Å². The molecular formula is C10H17BrN4O. The van der Waals surface area contributed by atoms with E-state index in [1.165, 1.54) is 0 Å². The predicted molar refractivity (Wildman–Crippen MR) is 65.9 cm³/mol. The number of rotatable bonds is 6. The van der Waals surface area contributed by atoms with E-state index in [2.05, 4.69) is 33.3 Å². The van der Waals surface area contributed by atoms with E-state index >= 15 is 0 Å². The van der Waals surface area contributed by atoms with E-state index in [0.717, 1.165) is 28.8 Å². The van der Waals surface area contributed by atoms with E-state index < -0.39 is 0 Å². The number of aromatic nitrogens is 2. The second kappa shape index (κ2) is 6.00. The molecule has 1 heterocycles. The number of nitrogens with two attached hydrogens (primary N) is 1. The lowest BCUT2D eigenvalue weighted by Crippen LogP contribution is -2.29. The topological polar surface area (TPSA) is 72.9 Å². The second-order valence-corrected chi connectivity index (χ2v) is 4.24. The maximum Gasteiger partial charge on any atom is 0.231 e. The first-order chi connectivity index (χ1) is 7.60. The molecule has 0 saturated heterocycles. The van der Waals surface area contributed by atoms with Gasteiger partial charge in [0.15, 0.2) is 0 Å². The summed E-state index contributed by atoms with van der Waals surface area (Å²) in [6.45, 7) is 5.68. The number of amides is 1. The summed E-state index contributed by atoms with van der Waals surface area (Å²) >= 11 is 3.53. The average molecular weight is 289 g/mol. The average Bonchev–Trinajstić information content (AvgIpc) is 2.55. The second-order valence-electron chi connectivity index (χ2n) is 3.45. The molecule has 0 aromatic carbocycles. The van der Waals surface area contributed by atoms with Crippen molar-refractivity contribution in [1.29, 1.82) is 0 Å². The maximum absolute atomic E-state index is 10.6. The first kappa shape index (κ1) is 13.2. The van der Waals surface area contributed by atoms with Crippen LogP contribution in [0.4, 0.5) is 0 Å². The molecule has 16 heavy (non-hydrogen) atoms. The van der Waals surface area contributed by atoms with Crippen LogP contribution in [-0.4, -0.2) is 22.2 Å². The standard InChI is InChI=1S/C10H17BrN4O/c1-3-7-10(11)8(15(4-2)14-7)5-13-6-9(12)16/h13H,3-6H2,1-2H3,(H2,12,16). The third-order valence-electron chi connectivity index (χ3n) is 2.29. The number of primary amides is 1. The zero-order valence-corrected chi connectivity index (χ0v) is 11.2. The Morgan fingerprint density at radius 2 is 2.25 bits per heavy atom. The van der Waals surface area contributed by atoms with Crippen molar-refractivity contribution in [3.05, 3.63) is 15.9 Å². The molecule has 0 spiro atoms. The Morgan fingerprint density at radius 1 is 1.56 bits per heavy atom. The molecule has 0 radical (unpaired) electrons. The fraction of sp³-hybridized carbons (Fsp3) is 0.600. The summed E-state index contributed by atoms with van der Waals surface area (Å²) in [6.07, 6.45) is 0.885. The fourth-order valence-corrected chi connectivity index (χ4v) is 2.19. The highest BCUT2D eigenvalue weighted by Crippen LogP contribution is 2.21. The molecule has 0 aliphatic rings. The van der Waals surface area contributed by atoms with Gasteiger partial charge in [-0.1, -0.05) is 6.92 Å². The molecule has 0 unspecified atom stereocenters. The van der Waals surface area contributed by atoms with Crippen LogP contribution < -0.4 is 11.1 Å². The van der Waals surface area contributed by atoms with Gasteiger partial charge < -0.3 is 11.1 Å². The first-order valence-corrected chi connectivity index (χ1v) is 6.12. The van der Waals surface area contributed by atoms with E-state index in [1.54, 1.807) is 0 Å². The van der Waals surface area contributed by atoms with Gasteiger partial charge in [0.2, 0.25) is 5.91 Å².